The van der Waals surface area contributed by atoms with Crippen LogP contribution in [0.4, 0.5) is 5.13 Å². The van der Waals surface area contributed by atoms with Crippen molar-refractivity contribution in [3.63, 3.8) is 0 Å². The van der Waals surface area contributed by atoms with Crippen molar-refractivity contribution in [2.24, 2.45) is 5.92 Å². The second-order valence-electron chi connectivity index (χ2n) is 7.31. The van der Waals surface area contributed by atoms with Crippen molar-refractivity contribution in [3.05, 3.63) is 64.5 Å². The lowest BCUT2D eigenvalue weighted by Gasteiger charge is -2.11. The van der Waals surface area contributed by atoms with Crippen molar-refractivity contribution >= 4 is 44.0 Å². The molecule has 2 atom stereocenters. The molecule has 1 N–H and O–H groups in total. The molecule has 6 nitrogen and oxygen atoms in total. The van der Waals surface area contributed by atoms with Crippen LogP contribution in [0.3, 0.4) is 0 Å². The number of amides is 1. The average Bonchev–Trinajstić information content (AvgIpc) is 3.39. The maximum atomic E-state index is 12.6. The number of aromatic nitrogens is 1. The number of rotatable bonds is 6. The normalized spacial score (nSPS) is 18.4. The molecule has 2 unspecified atom stereocenters. The Labute approximate surface area is 184 Å². The molecule has 30 heavy (non-hydrogen) atoms. The maximum Gasteiger partial charge on any atom is 0.242 e. The lowest BCUT2D eigenvalue weighted by atomic mass is 10.1. The lowest BCUT2D eigenvalue weighted by molar-refractivity contribution is -0.117. The molecule has 0 saturated heterocycles. The molecule has 4 rings (SSSR count). The molecule has 9 heteroatoms. The zero-order valence-corrected chi connectivity index (χ0v) is 18.8. The van der Waals surface area contributed by atoms with E-state index >= 15 is 0 Å². The fraction of sp³-hybridized carbons (Fsp3) is 0.238. The van der Waals surface area contributed by atoms with Gasteiger partial charge in [-0.05, 0) is 36.1 Å². The average molecular weight is 462 g/mol. The second kappa shape index (κ2) is 8.11. The van der Waals surface area contributed by atoms with Crippen LogP contribution in [0.1, 0.15) is 17.9 Å². The molecule has 0 radical (unpaired) electrons. The van der Waals surface area contributed by atoms with Gasteiger partial charge in [0.05, 0.1) is 10.6 Å². The Balaban J connectivity index is 1.43. The topological polar surface area (TPSA) is 79.4 Å². The minimum atomic E-state index is -3.47. The minimum absolute atomic E-state index is 0.0618. The van der Waals surface area contributed by atoms with Crippen LogP contribution in [0.25, 0.3) is 11.3 Å². The Morgan fingerprint density at radius 2 is 1.87 bits per heavy atom. The number of carbonyl (C=O) groups is 1. The maximum absolute atomic E-state index is 12.6. The van der Waals surface area contributed by atoms with Crippen LogP contribution in [0.2, 0.25) is 5.02 Å². The van der Waals surface area contributed by atoms with E-state index in [0.717, 1.165) is 17.5 Å². The molecule has 1 aliphatic carbocycles. The van der Waals surface area contributed by atoms with Gasteiger partial charge in [0.2, 0.25) is 15.9 Å². The summed E-state index contributed by atoms with van der Waals surface area (Å²) in [6.45, 7) is 0. The summed E-state index contributed by atoms with van der Waals surface area (Å²) in [4.78, 5) is 17.3. The molecule has 1 amide bonds. The molecule has 0 aliphatic heterocycles. The van der Waals surface area contributed by atoms with Gasteiger partial charge in [-0.2, -0.15) is 0 Å². The van der Waals surface area contributed by atoms with Crippen molar-refractivity contribution in [2.75, 3.05) is 19.4 Å². The van der Waals surface area contributed by atoms with Gasteiger partial charge >= 0.3 is 0 Å². The van der Waals surface area contributed by atoms with Crippen molar-refractivity contribution in [1.29, 1.82) is 0 Å². The van der Waals surface area contributed by atoms with Crippen LogP contribution in [0.15, 0.2) is 58.8 Å². The summed E-state index contributed by atoms with van der Waals surface area (Å²) in [5, 5.41) is 5.93. The number of hydrogen-bond donors (Lipinski definition) is 1. The van der Waals surface area contributed by atoms with Crippen molar-refractivity contribution in [3.8, 4) is 11.3 Å². The molecular formula is C21H20ClN3O3S2. The van der Waals surface area contributed by atoms with Crippen LogP contribution in [0, 0.1) is 5.92 Å². The largest absolute Gasteiger partial charge is 0.302 e. The molecule has 1 aliphatic rings. The van der Waals surface area contributed by atoms with Crippen molar-refractivity contribution in [1.82, 2.24) is 9.29 Å². The fourth-order valence-electron chi connectivity index (χ4n) is 3.27. The third-order valence-electron chi connectivity index (χ3n) is 5.09. The highest BCUT2D eigenvalue weighted by Gasteiger charge is 2.45. The molecular weight excluding hydrogens is 442 g/mol. The first-order valence-corrected chi connectivity index (χ1v) is 12.0. The van der Waals surface area contributed by atoms with Crippen molar-refractivity contribution < 1.29 is 13.2 Å². The van der Waals surface area contributed by atoms with Crippen LogP contribution in [-0.4, -0.2) is 37.7 Å². The van der Waals surface area contributed by atoms with Gasteiger partial charge in [-0.15, -0.1) is 11.3 Å². The SMILES string of the molecule is CN(C)S(=O)(=O)c1ccc(-c2csc(NC(=O)C3CC3c3ccccc3Cl)n2)cc1. The monoisotopic (exact) mass is 461 g/mol. The van der Waals surface area contributed by atoms with Crippen LogP contribution in [0.5, 0.6) is 0 Å². The number of carbonyl (C=O) groups excluding carboxylic acids is 1. The zero-order valence-electron chi connectivity index (χ0n) is 16.4. The first-order chi connectivity index (χ1) is 14.3. The summed E-state index contributed by atoms with van der Waals surface area (Å²) in [6.07, 6.45) is 0.773. The van der Waals surface area contributed by atoms with E-state index in [2.05, 4.69) is 10.3 Å². The molecule has 0 bridgehead atoms. The summed E-state index contributed by atoms with van der Waals surface area (Å²) >= 11 is 7.57. The Morgan fingerprint density at radius 3 is 2.53 bits per heavy atom. The van der Waals surface area contributed by atoms with E-state index < -0.39 is 10.0 Å². The Kier molecular flexibility index (Phi) is 5.67. The third-order valence-corrected chi connectivity index (χ3v) is 8.03. The Bertz CT molecular complexity index is 1190. The highest BCUT2D eigenvalue weighted by Crippen LogP contribution is 2.50. The first kappa shape index (κ1) is 21.0. The number of nitrogens with zero attached hydrogens (tertiary/aromatic N) is 2. The number of halogens is 1. The number of hydrogen-bond acceptors (Lipinski definition) is 5. The van der Waals surface area contributed by atoms with Gasteiger partial charge in [-0.3, -0.25) is 4.79 Å². The molecule has 2 aromatic carbocycles. The highest BCUT2D eigenvalue weighted by atomic mass is 35.5. The lowest BCUT2D eigenvalue weighted by Crippen LogP contribution is -2.22. The van der Waals surface area contributed by atoms with E-state index in [1.165, 1.54) is 29.7 Å². The number of thiazole rings is 1. The van der Waals surface area contributed by atoms with E-state index in [1.54, 1.807) is 24.3 Å². The molecule has 0 spiro atoms. The van der Waals surface area contributed by atoms with Gasteiger partial charge in [0.25, 0.3) is 0 Å². The standard InChI is InChI=1S/C21H20ClN3O3S2/c1-25(2)30(27,28)14-9-7-13(8-10-14)19-12-29-21(23-19)24-20(26)17-11-16(17)15-5-3-4-6-18(15)22/h3-10,12,16-17H,11H2,1-2H3,(H,23,24,26). The van der Waals surface area contributed by atoms with Crippen LogP contribution in [-0.2, 0) is 14.8 Å². The fourth-order valence-corrected chi connectivity index (χ4v) is 5.17. The second-order valence-corrected chi connectivity index (χ2v) is 10.7. The molecule has 3 aromatic rings. The van der Waals surface area contributed by atoms with Gasteiger partial charge in [-0.25, -0.2) is 17.7 Å². The predicted octanol–water partition coefficient (Wildman–Crippen LogP) is 4.46. The number of sulfonamides is 1. The number of benzene rings is 2. The smallest absolute Gasteiger partial charge is 0.242 e. The van der Waals surface area contributed by atoms with Gasteiger partial charge in [0.15, 0.2) is 5.13 Å². The summed E-state index contributed by atoms with van der Waals surface area (Å²) in [5.74, 6) is -0.0228. The number of nitrogens with one attached hydrogen (secondary N) is 1. The number of anilines is 1. The van der Waals surface area contributed by atoms with E-state index in [4.69, 9.17) is 11.6 Å². The minimum Gasteiger partial charge on any atom is -0.302 e. The van der Waals surface area contributed by atoms with E-state index in [-0.39, 0.29) is 22.6 Å². The molecule has 1 saturated carbocycles. The quantitative estimate of drug-likeness (QED) is 0.587. The van der Waals surface area contributed by atoms with E-state index in [9.17, 15) is 13.2 Å². The van der Waals surface area contributed by atoms with Gasteiger partial charge in [0, 0.05) is 36.0 Å². The van der Waals surface area contributed by atoms with Crippen molar-refractivity contribution in [2.45, 2.75) is 17.2 Å². The first-order valence-electron chi connectivity index (χ1n) is 9.31. The van der Waals surface area contributed by atoms with E-state index in [0.29, 0.717) is 15.8 Å². The molecule has 156 valence electrons. The Hall–Kier alpha value is -2.26. The van der Waals surface area contributed by atoms with Gasteiger partial charge in [-0.1, -0.05) is 41.9 Å². The van der Waals surface area contributed by atoms with Gasteiger partial charge in [0.1, 0.15) is 0 Å². The van der Waals surface area contributed by atoms with Crippen LogP contribution >= 0.6 is 22.9 Å². The Morgan fingerprint density at radius 1 is 1.17 bits per heavy atom. The van der Waals surface area contributed by atoms with Crippen LogP contribution < -0.4 is 5.32 Å². The highest BCUT2D eigenvalue weighted by molar-refractivity contribution is 7.89. The molecule has 1 aromatic heterocycles. The van der Waals surface area contributed by atoms with E-state index in [1.807, 2.05) is 29.6 Å². The zero-order chi connectivity index (χ0) is 21.5. The molecule has 1 heterocycles. The predicted molar refractivity (Wildman–Crippen MR) is 119 cm³/mol. The summed E-state index contributed by atoms with van der Waals surface area (Å²) in [5.41, 5.74) is 2.47. The molecule has 1 fully saturated rings. The summed E-state index contributed by atoms with van der Waals surface area (Å²) in [7, 11) is -0.482. The summed E-state index contributed by atoms with van der Waals surface area (Å²) < 4.78 is 25.5. The summed E-state index contributed by atoms with van der Waals surface area (Å²) in [6, 6.07) is 14.1. The third kappa shape index (κ3) is 4.13. The van der Waals surface area contributed by atoms with Gasteiger partial charge < -0.3 is 5.32 Å².